The molecule has 0 saturated carbocycles. The van der Waals surface area contributed by atoms with Crippen LogP contribution in [0.25, 0.3) is 6.08 Å². The molecule has 1 aromatic rings. The summed E-state index contributed by atoms with van der Waals surface area (Å²) in [7, 11) is 1.62. The molecule has 8 heteroatoms. The molecule has 192 valence electrons. The number of nitrogens with zero attached hydrogens (tertiary/aromatic N) is 2. The lowest BCUT2D eigenvalue weighted by Gasteiger charge is -2.34. The highest BCUT2D eigenvalue weighted by Gasteiger charge is 2.39. The molecular formula is C28H35BrN3O3S+. The average molecular weight is 574 g/mol. The van der Waals surface area contributed by atoms with E-state index in [1.807, 2.05) is 42.5 Å². The number of piperidine rings is 1. The summed E-state index contributed by atoms with van der Waals surface area (Å²) in [5.74, 6) is 1.92. The maximum atomic E-state index is 13.5. The van der Waals surface area contributed by atoms with Gasteiger partial charge in [-0.3, -0.25) is 4.79 Å². The van der Waals surface area contributed by atoms with E-state index in [4.69, 9.17) is 4.74 Å². The van der Waals surface area contributed by atoms with Gasteiger partial charge in [-0.1, -0.05) is 49.9 Å². The summed E-state index contributed by atoms with van der Waals surface area (Å²) in [6.45, 7) is 8.53. The predicted molar refractivity (Wildman–Crippen MR) is 150 cm³/mol. The summed E-state index contributed by atoms with van der Waals surface area (Å²) < 4.78 is 7.76. The average Bonchev–Trinajstić information content (AvgIpc) is 2.84. The van der Waals surface area contributed by atoms with Gasteiger partial charge in [0.15, 0.2) is 0 Å². The summed E-state index contributed by atoms with van der Waals surface area (Å²) in [6, 6.07) is 5.71. The molecule has 2 aliphatic heterocycles. The smallest absolute Gasteiger partial charge is 0.426 e. The second kappa shape index (κ2) is 12.4. The normalized spacial score (nSPS) is 25.3. The van der Waals surface area contributed by atoms with Crippen molar-refractivity contribution in [1.82, 2.24) is 10.2 Å². The van der Waals surface area contributed by atoms with Crippen LogP contribution in [0.2, 0.25) is 0 Å². The number of carbonyl (C=O) groups is 2. The highest BCUT2D eigenvalue weighted by Crippen LogP contribution is 2.34. The molecule has 3 aliphatic rings. The first kappa shape index (κ1) is 26.9. The van der Waals surface area contributed by atoms with Gasteiger partial charge in [0.1, 0.15) is 15.9 Å². The van der Waals surface area contributed by atoms with E-state index in [9.17, 15) is 9.59 Å². The molecule has 36 heavy (non-hydrogen) atoms. The third-order valence-corrected chi connectivity index (χ3v) is 8.49. The van der Waals surface area contributed by atoms with Crippen LogP contribution in [0.4, 0.5) is 0 Å². The lowest BCUT2D eigenvalue weighted by molar-refractivity contribution is -0.434. The van der Waals surface area contributed by atoms with Crippen LogP contribution < -0.4 is 10.1 Å². The van der Waals surface area contributed by atoms with Crippen molar-refractivity contribution in [3.8, 4) is 5.75 Å². The lowest BCUT2D eigenvalue weighted by atomic mass is 9.92. The van der Waals surface area contributed by atoms with E-state index in [2.05, 4.69) is 46.1 Å². The summed E-state index contributed by atoms with van der Waals surface area (Å²) in [5.41, 5.74) is 1.75. The van der Waals surface area contributed by atoms with Gasteiger partial charge in [0, 0.05) is 25.7 Å². The first-order valence-corrected chi connectivity index (χ1v) is 14.3. The number of ether oxygens (including phenoxy) is 1. The third kappa shape index (κ3) is 6.78. The number of thioether (sulfide) groups is 1. The van der Waals surface area contributed by atoms with Crippen molar-refractivity contribution >= 4 is 51.3 Å². The number of hydrogen-bond acceptors (Lipinski definition) is 5. The Kier molecular flexibility index (Phi) is 9.25. The maximum absolute atomic E-state index is 13.5. The number of halogens is 1. The van der Waals surface area contributed by atoms with Gasteiger partial charge in [-0.25, -0.2) is 4.79 Å². The molecular weight excluding hydrogens is 538 g/mol. The minimum atomic E-state index is -0.149. The maximum Gasteiger partial charge on any atom is 0.426 e. The fraction of sp³-hybridized carbons (Fsp3) is 0.464. The van der Waals surface area contributed by atoms with E-state index in [1.165, 1.54) is 18.2 Å². The second-order valence-corrected chi connectivity index (χ2v) is 11.9. The van der Waals surface area contributed by atoms with Crippen molar-refractivity contribution in [2.75, 3.05) is 39.8 Å². The number of hydrogen-bond donors (Lipinski definition) is 1. The first-order valence-electron chi connectivity index (χ1n) is 12.6. The zero-order valence-corrected chi connectivity index (χ0v) is 23.6. The van der Waals surface area contributed by atoms with Crippen LogP contribution in [-0.4, -0.2) is 72.1 Å². The van der Waals surface area contributed by atoms with Crippen molar-refractivity contribution in [2.24, 2.45) is 11.8 Å². The van der Waals surface area contributed by atoms with Crippen molar-refractivity contribution in [2.45, 2.75) is 31.9 Å². The van der Waals surface area contributed by atoms with Crippen molar-refractivity contribution in [3.05, 3.63) is 57.4 Å². The van der Waals surface area contributed by atoms with Crippen molar-refractivity contribution in [1.29, 1.82) is 0 Å². The van der Waals surface area contributed by atoms with Crippen molar-refractivity contribution in [3.63, 3.8) is 0 Å². The first-order chi connectivity index (χ1) is 17.3. The summed E-state index contributed by atoms with van der Waals surface area (Å²) in [6.07, 6.45) is 12.0. The molecule has 3 atom stereocenters. The van der Waals surface area contributed by atoms with E-state index in [1.54, 1.807) is 11.7 Å². The topological polar surface area (TPSA) is 61.7 Å². The van der Waals surface area contributed by atoms with Gasteiger partial charge in [-0.2, -0.15) is 0 Å². The molecule has 3 unspecified atom stereocenters. The minimum absolute atomic E-state index is 0.00322. The number of amides is 2. The molecule has 0 spiro atoms. The van der Waals surface area contributed by atoms with E-state index in [0.717, 1.165) is 59.4 Å². The zero-order valence-electron chi connectivity index (χ0n) is 21.2. The van der Waals surface area contributed by atoms with Gasteiger partial charge in [0.2, 0.25) is 12.3 Å². The monoisotopic (exact) mass is 572 g/mol. The van der Waals surface area contributed by atoms with Crippen LogP contribution in [0, 0.1) is 11.8 Å². The Balaban J connectivity index is 1.40. The highest BCUT2D eigenvalue weighted by molar-refractivity contribution is 9.10. The van der Waals surface area contributed by atoms with Crippen LogP contribution in [0.5, 0.6) is 5.75 Å². The number of nitrogens with one attached hydrogen (secondary N) is 1. The Hall–Kier alpha value is -2.16. The molecule has 1 aromatic carbocycles. The van der Waals surface area contributed by atoms with Gasteiger partial charge in [0.05, 0.1) is 11.6 Å². The number of likely N-dealkylation sites (tertiary alicyclic amines) is 1. The summed E-state index contributed by atoms with van der Waals surface area (Å²) >= 11 is 5.03. The Bertz CT molecular complexity index is 1120. The number of allylic oxidation sites excluding steroid dienone is 3. The Morgan fingerprint density at radius 1 is 1.28 bits per heavy atom. The Morgan fingerprint density at radius 3 is 2.78 bits per heavy atom. The summed E-state index contributed by atoms with van der Waals surface area (Å²) in [5, 5.41) is 3.03. The van der Waals surface area contributed by atoms with Crippen molar-refractivity contribution < 1.29 is 18.9 Å². The van der Waals surface area contributed by atoms with Crippen LogP contribution in [-0.2, 0) is 9.59 Å². The lowest BCUT2D eigenvalue weighted by Crippen LogP contribution is -2.44. The molecule has 4 rings (SSSR count). The summed E-state index contributed by atoms with van der Waals surface area (Å²) in [4.78, 5) is 29.4. The number of carbonyl (C=O) groups excluding carboxylic acids is 2. The number of rotatable bonds is 8. The van der Waals surface area contributed by atoms with E-state index >= 15 is 0 Å². The van der Waals surface area contributed by atoms with Crippen LogP contribution in [0.15, 0.2) is 51.9 Å². The van der Waals surface area contributed by atoms with Crippen LogP contribution >= 0.6 is 27.7 Å². The van der Waals surface area contributed by atoms with Gasteiger partial charge in [-0.15, -0.1) is 4.58 Å². The molecule has 6 nitrogen and oxygen atoms in total. The second-order valence-electron chi connectivity index (χ2n) is 9.91. The van der Waals surface area contributed by atoms with Gasteiger partial charge < -0.3 is 15.0 Å². The number of benzene rings is 1. The largest absolute Gasteiger partial charge is 0.496 e. The quantitative estimate of drug-likeness (QED) is 0.282. The molecule has 1 aliphatic carbocycles. The highest BCUT2D eigenvalue weighted by atomic mass is 79.9. The van der Waals surface area contributed by atoms with E-state index < -0.39 is 0 Å². The molecule has 2 amide bonds. The van der Waals surface area contributed by atoms with Gasteiger partial charge >= 0.3 is 5.91 Å². The fourth-order valence-corrected chi connectivity index (χ4v) is 6.92. The molecule has 1 N–H and O–H groups in total. The SMILES string of the molecule is COc1ccc(/C=C2/SC3C=CC=CC3=[N+](CC(=O)NCCCN3CC(C)CC(C)C3)C2=O)cc1Br. The molecule has 1 saturated heterocycles. The Morgan fingerprint density at radius 2 is 2.06 bits per heavy atom. The van der Waals surface area contributed by atoms with E-state index in [0.29, 0.717) is 11.4 Å². The zero-order chi connectivity index (χ0) is 25.7. The van der Waals surface area contributed by atoms with Gasteiger partial charge in [-0.05, 0) is 70.9 Å². The molecule has 0 radical (unpaired) electrons. The van der Waals surface area contributed by atoms with Crippen LogP contribution in [0.1, 0.15) is 32.3 Å². The van der Waals surface area contributed by atoms with Gasteiger partial charge in [0.25, 0.3) is 5.91 Å². The standard InChI is InChI=1S/C28H34BrN3O3S/c1-19-13-20(2)17-31(16-19)12-6-11-30-27(33)18-32-23-7-4-5-8-25(23)36-26(28(32)34)15-21-9-10-24(35-3)22(29)14-21/h4-5,7-10,14-15,19-20,25H,6,11-13,16-18H2,1-3H3/p+1/b26-15+. The number of methoxy groups -OCH3 is 1. The molecule has 1 fully saturated rings. The molecule has 0 bridgehead atoms. The molecule has 2 heterocycles. The van der Waals surface area contributed by atoms with Crippen LogP contribution in [0.3, 0.4) is 0 Å². The fourth-order valence-electron chi connectivity index (χ4n) is 5.18. The third-order valence-electron chi connectivity index (χ3n) is 6.67. The Labute approximate surface area is 226 Å². The minimum Gasteiger partial charge on any atom is -0.496 e. The predicted octanol–water partition coefficient (Wildman–Crippen LogP) is 4.50. The number of fused-ring (bicyclic) bond motifs is 1. The molecule has 0 aromatic heterocycles. The van der Waals surface area contributed by atoms with E-state index in [-0.39, 0.29) is 23.6 Å².